The molecule has 15 heavy (non-hydrogen) atoms. The molecule has 82 valence electrons. The number of aromatic nitrogens is 1. The summed E-state index contributed by atoms with van der Waals surface area (Å²) in [5.74, 6) is -1.59. The smallest absolute Gasteiger partial charge is 0.396 e. The normalized spacial score (nSPS) is 9.73. The van der Waals surface area contributed by atoms with E-state index in [1.54, 1.807) is 6.92 Å². The lowest BCUT2D eigenvalue weighted by molar-refractivity contribution is -0.154. The van der Waals surface area contributed by atoms with Crippen molar-refractivity contribution in [2.45, 2.75) is 20.4 Å². The summed E-state index contributed by atoms with van der Waals surface area (Å²) in [5, 5.41) is 5.19. The van der Waals surface area contributed by atoms with Gasteiger partial charge in [-0.15, -0.1) is 11.3 Å². The van der Waals surface area contributed by atoms with E-state index >= 15 is 0 Å². The molecule has 0 radical (unpaired) electrons. The Morgan fingerprint density at radius 1 is 1.60 bits per heavy atom. The first-order valence-corrected chi connectivity index (χ1v) is 5.37. The average Bonchev–Trinajstić information content (AvgIpc) is 2.61. The molecule has 0 aliphatic rings. The minimum atomic E-state index is -0.857. The van der Waals surface area contributed by atoms with Crippen molar-refractivity contribution in [1.82, 2.24) is 10.3 Å². The third-order valence-corrected chi connectivity index (χ3v) is 2.38. The standard InChI is InChI=1S/C9H12N2O3S/c1-3-14-9(13)8(12)10-4-7-5-15-6(2)11-7/h5H,3-4H2,1-2H3,(H,10,12). The van der Waals surface area contributed by atoms with Crippen LogP contribution in [-0.2, 0) is 20.9 Å². The van der Waals surface area contributed by atoms with Crippen LogP contribution in [0.4, 0.5) is 0 Å². The third-order valence-electron chi connectivity index (χ3n) is 1.56. The van der Waals surface area contributed by atoms with Gasteiger partial charge in [-0.25, -0.2) is 9.78 Å². The molecule has 0 aromatic carbocycles. The maximum atomic E-state index is 11.1. The van der Waals surface area contributed by atoms with E-state index in [1.807, 2.05) is 12.3 Å². The molecule has 1 rings (SSSR count). The zero-order valence-corrected chi connectivity index (χ0v) is 9.39. The van der Waals surface area contributed by atoms with Gasteiger partial charge in [0.25, 0.3) is 0 Å². The highest BCUT2D eigenvalue weighted by Gasteiger charge is 2.14. The number of aryl methyl sites for hydroxylation is 1. The van der Waals surface area contributed by atoms with Gasteiger partial charge in [-0.1, -0.05) is 0 Å². The van der Waals surface area contributed by atoms with E-state index in [9.17, 15) is 9.59 Å². The van der Waals surface area contributed by atoms with Crippen LogP contribution in [0.1, 0.15) is 17.6 Å². The summed E-state index contributed by atoms with van der Waals surface area (Å²) in [6, 6.07) is 0. The van der Waals surface area contributed by atoms with Gasteiger partial charge in [0.2, 0.25) is 0 Å². The van der Waals surface area contributed by atoms with E-state index in [0.717, 1.165) is 10.7 Å². The summed E-state index contributed by atoms with van der Waals surface area (Å²) >= 11 is 1.50. The summed E-state index contributed by atoms with van der Waals surface area (Å²) in [7, 11) is 0. The van der Waals surface area contributed by atoms with E-state index in [4.69, 9.17) is 0 Å². The maximum Gasteiger partial charge on any atom is 0.396 e. The van der Waals surface area contributed by atoms with Gasteiger partial charge in [-0.05, 0) is 13.8 Å². The molecule has 1 N–H and O–H groups in total. The molecule has 1 amide bonds. The fourth-order valence-corrected chi connectivity index (χ4v) is 1.54. The predicted octanol–water partition coefficient (Wildman–Crippen LogP) is 0.631. The fourth-order valence-electron chi connectivity index (χ4n) is 0.929. The monoisotopic (exact) mass is 228 g/mol. The second kappa shape index (κ2) is 5.45. The highest BCUT2D eigenvalue weighted by Crippen LogP contribution is 2.06. The number of ether oxygens (including phenoxy) is 1. The molecule has 1 heterocycles. The number of nitrogens with zero attached hydrogens (tertiary/aromatic N) is 1. The van der Waals surface area contributed by atoms with E-state index < -0.39 is 11.9 Å². The quantitative estimate of drug-likeness (QED) is 0.608. The number of carbonyl (C=O) groups excluding carboxylic acids is 2. The van der Waals surface area contributed by atoms with E-state index in [-0.39, 0.29) is 13.2 Å². The Kier molecular flexibility index (Phi) is 4.23. The Balaban J connectivity index is 2.37. The topological polar surface area (TPSA) is 68.3 Å². The number of thiazole rings is 1. The van der Waals surface area contributed by atoms with Crippen molar-refractivity contribution in [1.29, 1.82) is 0 Å². The Labute approximate surface area is 91.5 Å². The van der Waals surface area contributed by atoms with Crippen molar-refractivity contribution in [3.05, 3.63) is 16.1 Å². The summed E-state index contributed by atoms with van der Waals surface area (Å²) in [6.07, 6.45) is 0. The zero-order chi connectivity index (χ0) is 11.3. The number of amides is 1. The molecule has 1 aromatic heterocycles. The number of carbonyl (C=O) groups is 2. The number of nitrogens with one attached hydrogen (secondary N) is 1. The summed E-state index contributed by atoms with van der Waals surface area (Å²) in [4.78, 5) is 26.2. The second-order valence-corrected chi connectivity index (χ2v) is 3.82. The van der Waals surface area contributed by atoms with Gasteiger partial charge < -0.3 is 10.1 Å². The van der Waals surface area contributed by atoms with Crippen molar-refractivity contribution < 1.29 is 14.3 Å². The van der Waals surface area contributed by atoms with Gasteiger partial charge in [0.15, 0.2) is 0 Å². The Hall–Kier alpha value is -1.43. The van der Waals surface area contributed by atoms with Crippen molar-refractivity contribution in [3.63, 3.8) is 0 Å². The van der Waals surface area contributed by atoms with Crippen molar-refractivity contribution in [2.24, 2.45) is 0 Å². The van der Waals surface area contributed by atoms with Crippen molar-refractivity contribution in [3.8, 4) is 0 Å². The molecule has 0 bridgehead atoms. The largest absolute Gasteiger partial charge is 0.459 e. The van der Waals surface area contributed by atoms with Gasteiger partial charge in [0, 0.05) is 5.38 Å². The lowest BCUT2D eigenvalue weighted by atomic mass is 10.4. The van der Waals surface area contributed by atoms with Crippen LogP contribution in [-0.4, -0.2) is 23.5 Å². The molecule has 0 aliphatic heterocycles. The van der Waals surface area contributed by atoms with Crippen LogP contribution in [0.2, 0.25) is 0 Å². The van der Waals surface area contributed by atoms with Crippen LogP contribution in [0.5, 0.6) is 0 Å². The van der Waals surface area contributed by atoms with Crippen LogP contribution in [0, 0.1) is 6.92 Å². The summed E-state index contributed by atoms with van der Waals surface area (Å²) < 4.78 is 4.53. The molecule has 0 atom stereocenters. The van der Waals surface area contributed by atoms with E-state index in [1.165, 1.54) is 11.3 Å². The highest BCUT2D eigenvalue weighted by molar-refractivity contribution is 7.09. The van der Waals surface area contributed by atoms with Crippen LogP contribution >= 0.6 is 11.3 Å². The first-order valence-electron chi connectivity index (χ1n) is 4.49. The molecule has 1 aromatic rings. The first kappa shape index (κ1) is 11.6. The van der Waals surface area contributed by atoms with Gasteiger partial charge in [0.05, 0.1) is 23.9 Å². The third kappa shape index (κ3) is 3.67. The van der Waals surface area contributed by atoms with Crippen LogP contribution in [0.25, 0.3) is 0 Å². The molecule has 0 fully saturated rings. The van der Waals surface area contributed by atoms with Crippen LogP contribution in [0.3, 0.4) is 0 Å². The first-order chi connectivity index (χ1) is 7.13. The Morgan fingerprint density at radius 3 is 2.87 bits per heavy atom. The fraction of sp³-hybridized carbons (Fsp3) is 0.444. The van der Waals surface area contributed by atoms with E-state index in [0.29, 0.717) is 0 Å². The lowest BCUT2D eigenvalue weighted by Crippen LogP contribution is -2.32. The molecular weight excluding hydrogens is 216 g/mol. The molecule has 0 saturated carbocycles. The maximum absolute atomic E-state index is 11.1. The van der Waals surface area contributed by atoms with Crippen molar-refractivity contribution in [2.75, 3.05) is 6.61 Å². The number of rotatable bonds is 3. The lowest BCUT2D eigenvalue weighted by Gasteiger charge is -2.01. The molecule has 0 aliphatic carbocycles. The summed E-state index contributed by atoms with van der Waals surface area (Å²) in [6.45, 7) is 3.97. The number of esters is 1. The van der Waals surface area contributed by atoms with Crippen molar-refractivity contribution >= 4 is 23.2 Å². The average molecular weight is 228 g/mol. The molecule has 5 nitrogen and oxygen atoms in total. The number of hydrogen-bond donors (Lipinski definition) is 1. The predicted molar refractivity (Wildman–Crippen MR) is 55.3 cm³/mol. The molecule has 6 heteroatoms. The second-order valence-electron chi connectivity index (χ2n) is 2.76. The Bertz CT molecular complexity index is 362. The Morgan fingerprint density at radius 2 is 2.33 bits per heavy atom. The van der Waals surface area contributed by atoms with Crippen LogP contribution < -0.4 is 5.32 Å². The SMILES string of the molecule is CCOC(=O)C(=O)NCc1csc(C)n1. The summed E-state index contributed by atoms with van der Waals surface area (Å²) in [5.41, 5.74) is 0.746. The van der Waals surface area contributed by atoms with Crippen LogP contribution in [0.15, 0.2) is 5.38 Å². The minimum Gasteiger partial charge on any atom is -0.459 e. The highest BCUT2D eigenvalue weighted by atomic mass is 32.1. The molecule has 0 spiro atoms. The van der Waals surface area contributed by atoms with E-state index in [2.05, 4.69) is 15.0 Å². The molecular formula is C9H12N2O3S. The zero-order valence-electron chi connectivity index (χ0n) is 8.57. The van der Waals surface area contributed by atoms with Gasteiger partial charge in [0.1, 0.15) is 0 Å². The van der Waals surface area contributed by atoms with Gasteiger partial charge >= 0.3 is 11.9 Å². The minimum absolute atomic E-state index is 0.196. The molecule has 0 unspecified atom stereocenters. The molecule has 0 saturated heterocycles. The van der Waals surface area contributed by atoms with Gasteiger partial charge in [-0.2, -0.15) is 0 Å². The van der Waals surface area contributed by atoms with Gasteiger partial charge in [-0.3, -0.25) is 4.79 Å². The number of hydrogen-bond acceptors (Lipinski definition) is 5.